The van der Waals surface area contributed by atoms with E-state index in [1.165, 1.54) is 6.07 Å². The number of hydrogen-bond donors (Lipinski definition) is 0. The molecule has 86 valence electrons. The molecule has 0 bridgehead atoms. The van der Waals surface area contributed by atoms with Crippen molar-refractivity contribution in [2.75, 3.05) is 19.6 Å². The molecule has 0 N–H and O–H groups in total. The Balaban J connectivity index is 2.01. The van der Waals surface area contributed by atoms with Crippen LogP contribution in [0.4, 0.5) is 4.39 Å². The van der Waals surface area contributed by atoms with E-state index in [-0.39, 0.29) is 11.3 Å². The molecular formula is C13H16FNO. The van der Waals surface area contributed by atoms with E-state index in [2.05, 4.69) is 11.8 Å². The van der Waals surface area contributed by atoms with Crippen molar-refractivity contribution in [2.24, 2.45) is 5.92 Å². The first-order chi connectivity index (χ1) is 7.66. The van der Waals surface area contributed by atoms with Crippen molar-refractivity contribution in [1.82, 2.24) is 4.90 Å². The minimum Gasteiger partial charge on any atom is -0.296 e. The van der Waals surface area contributed by atoms with Crippen molar-refractivity contribution in [3.05, 3.63) is 35.6 Å². The van der Waals surface area contributed by atoms with Crippen molar-refractivity contribution in [3.8, 4) is 0 Å². The number of nitrogens with zero attached hydrogens (tertiary/aromatic N) is 1. The Morgan fingerprint density at radius 1 is 1.50 bits per heavy atom. The fraction of sp³-hybridized carbons (Fsp3) is 0.462. The molecule has 1 aliphatic rings. The lowest BCUT2D eigenvalue weighted by molar-refractivity contribution is 0.0940. The predicted octanol–water partition coefficient (Wildman–Crippen LogP) is 2.35. The van der Waals surface area contributed by atoms with Crippen LogP contribution < -0.4 is 0 Å². The van der Waals surface area contributed by atoms with Crippen molar-refractivity contribution < 1.29 is 9.18 Å². The minimum absolute atomic E-state index is 0.118. The largest absolute Gasteiger partial charge is 0.296 e. The third-order valence-electron chi connectivity index (χ3n) is 3.05. The highest BCUT2D eigenvalue weighted by Gasteiger charge is 2.22. The first-order valence-electron chi connectivity index (χ1n) is 5.67. The van der Waals surface area contributed by atoms with Crippen LogP contribution in [-0.2, 0) is 0 Å². The van der Waals surface area contributed by atoms with Crippen LogP contribution in [0.3, 0.4) is 0 Å². The summed E-state index contributed by atoms with van der Waals surface area (Å²) in [4.78, 5) is 13.9. The number of halogens is 1. The van der Waals surface area contributed by atoms with E-state index in [9.17, 15) is 9.18 Å². The Hall–Kier alpha value is -1.22. The Morgan fingerprint density at radius 2 is 2.25 bits per heavy atom. The fourth-order valence-corrected chi connectivity index (χ4v) is 2.15. The molecule has 1 aromatic rings. The summed E-state index contributed by atoms with van der Waals surface area (Å²) < 4.78 is 13.4. The number of likely N-dealkylation sites (tertiary alicyclic amines) is 1. The first kappa shape index (κ1) is 11.3. The summed E-state index contributed by atoms with van der Waals surface area (Å²) in [7, 11) is 0. The molecule has 1 fully saturated rings. The highest BCUT2D eigenvalue weighted by molar-refractivity contribution is 5.97. The van der Waals surface area contributed by atoms with E-state index >= 15 is 0 Å². The smallest absolute Gasteiger partial charge is 0.179 e. The second-order valence-electron chi connectivity index (χ2n) is 4.53. The van der Waals surface area contributed by atoms with E-state index < -0.39 is 5.82 Å². The molecule has 3 heteroatoms. The van der Waals surface area contributed by atoms with Gasteiger partial charge in [-0.2, -0.15) is 0 Å². The van der Waals surface area contributed by atoms with Gasteiger partial charge in [0.05, 0.1) is 12.1 Å². The van der Waals surface area contributed by atoms with E-state index in [0.29, 0.717) is 12.5 Å². The molecule has 16 heavy (non-hydrogen) atoms. The third kappa shape index (κ3) is 2.47. The standard InChI is InChI=1S/C13H16FNO/c1-10-6-7-15(8-10)9-13(16)11-4-2-3-5-12(11)14/h2-5,10H,6-9H2,1H3. The summed E-state index contributed by atoms with van der Waals surface area (Å²) >= 11 is 0. The topological polar surface area (TPSA) is 20.3 Å². The molecule has 1 saturated heterocycles. The molecule has 0 spiro atoms. The zero-order chi connectivity index (χ0) is 11.5. The molecule has 1 atom stereocenters. The number of benzene rings is 1. The fourth-order valence-electron chi connectivity index (χ4n) is 2.15. The highest BCUT2D eigenvalue weighted by atomic mass is 19.1. The second kappa shape index (κ2) is 4.74. The van der Waals surface area contributed by atoms with Crippen LogP contribution in [0.1, 0.15) is 23.7 Å². The molecule has 0 saturated carbocycles. The SMILES string of the molecule is CC1CCN(CC(=O)c2ccccc2F)C1. The van der Waals surface area contributed by atoms with Gasteiger partial charge in [0.25, 0.3) is 0 Å². The van der Waals surface area contributed by atoms with Gasteiger partial charge in [-0.15, -0.1) is 0 Å². The molecule has 1 heterocycles. The Labute approximate surface area is 95.1 Å². The Kier molecular flexibility index (Phi) is 3.34. The monoisotopic (exact) mass is 221 g/mol. The molecule has 0 radical (unpaired) electrons. The van der Waals surface area contributed by atoms with Gasteiger partial charge in [0, 0.05) is 6.54 Å². The van der Waals surface area contributed by atoms with Gasteiger partial charge in [-0.05, 0) is 31.0 Å². The van der Waals surface area contributed by atoms with Gasteiger partial charge in [-0.1, -0.05) is 19.1 Å². The van der Waals surface area contributed by atoms with Gasteiger partial charge in [-0.25, -0.2) is 4.39 Å². The molecule has 1 unspecified atom stereocenters. The summed E-state index contributed by atoms with van der Waals surface area (Å²) in [6, 6.07) is 6.18. The van der Waals surface area contributed by atoms with E-state index in [4.69, 9.17) is 0 Å². The lowest BCUT2D eigenvalue weighted by Crippen LogP contribution is -2.28. The van der Waals surface area contributed by atoms with Crippen molar-refractivity contribution in [2.45, 2.75) is 13.3 Å². The Bertz CT molecular complexity index is 391. The quantitative estimate of drug-likeness (QED) is 0.730. The summed E-state index contributed by atoms with van der Waals surface area (Å²) in [5, 5.41) is 0. The highest BCUT2D eigenvalue weighted by Crippen LogP contribution is 2.16. The van der Waals surface area contributed by atoms with Gasteiger partial charge in [-0.3, -0.25) is 9.69 Å². The lowest BCUT2D eigenvalue weighted by Gasteiger charge is -2.14. The third-order valence-corrected chi connectivity index (χ3v) is 3.05. The van der Waals surface area contributed by atoms with Gasteiger partial charge < -0.3 is 0 Å². The number of carbonyl (C=O) groups excluding carboxylic acids is 1. The van der Waals surface area contributed by atoms with E-state index in [0.717, 1.165) is 19.5 Å². The van der Waals surface area contributed by atoms with Gasteiger partial charge in [0.2, 0.25) is 0 Å². The van der Waals surface area contributed by atoms with Crippen molar-refractivity contribution in [1.29, 1.82) is 0 Å². The minimum atomic E-state index is -0.417. The van der Waals surface area contributed by atoms with E-state index in [1.807, 2.05) is 0 Å². The van der Waals surface area contributed by atoms with Crippen LogP contribution >= 0.6 is 0 Å². The molecule has 1 aromatic carbocycles. The summed E-state index contributed by atoms with van der Waals surface area (Å²) in [6.07, 6.45) is 1.13. The molecular weight excluding hydrogens is 205 g/mol. The average Bonchev–Trinajstić information content (AvgIpc) is 2.64. The van der Waals surface area contributed by atoms with Crippen molar-refractivity contribution >= 4 is 5.78 Å². The van der Waals surface area contributed by atoms with E-state index in [1.54, 1.807) is 18.2 Å². The van der Waals surface area contributed by atoms with Crippen LogP contribution in [0.5, 0.6) is 0 Å². The van der Waals surface area contributed by atoms with Gasteiger partial charge >= 0.3 is 0 Å². The molecule has 0 aliphatic carbocycles. The van der Waals surface area contributed by atoms with Crippen LogP contribution in [0.2, 0.25) is 0 Å². The van der Waals surface area contributed by atoms with Crippen LogP contribution in [0, 0.1) is 11.7 Å². The van der Waals surface area contributed by atoms with Gasteiger partial charge in [0.1, 0.15) is 5.82 Å². The number of carbonyl (C=O) groups is 1. The zero-order valence-electron chi connectivity index (χ0n) is 9.45. The predicted molar refractivity (Wildman–Crippen MR) is 61.0 cm³/mol. The molecule has 1 aliphatic heterocycles. The summed E-state index contributed by atoms with van der Waals surface area (Å²) in [5.41, 5.74) is 0.210. The normalized spacial score (nSPS) is 21.2. The molecule has 0 aromatic heterocycles. The summed E-state index contributed by atoms with van der Waals surface area (Å²) in [5.74, 6) is 0.111. The summed E-state index contributed by atoms with van der Waals surface area (Å²) in [6.45, 7) is 4.40. The lowest BCUT2D eigenvalue weighted by atomic mass is 10.1. The maximum Gasteiger partial charge on any atom is 0.179 e. The Morgan fingerprint density at radius 3 is 2.88 bits per heavy atom. The zero-order valence-corrected chi connectivity index (χ0v) is 9.45. The number of Topliss-reactive ketones (excluding diaryl/α,β-unsaturated/α-hetero) is 1. The number of ketones is 1. The molecule has 0 amide bonds. The number of rotatable bonds is 3. The first-order valence-corrected chi connectivity index (χ1v) is 5.67. The number of hydrogen-bond acceptors (Lipinski definition) is 2. The van der Waals surface area contributed by atoms with Crippen LogP contribution in [-0.4, -0.2) is 30.3 Å². The maximum atomic E-state index is 13.4. The van der Waals surface area contributed by atoms with Crippen LogP contribution in [0.15, 0.2) is 24.3 Å². The molecule has 2 rings (SSSR count). The average molecular weight is 221 g/mol. The van der Waals surface area contributed by atoms with Gasteiger partial charge in [0.15, 0.2) is 5.78 Å². The second-order valence-corrected chi connectivity index (χ2v) is 4.53. The van der Waals surface area contributed by atoms with Crippen LogP contribution in [0.25, 0.3) is 0 Å². The maximum absolute atomic E-state index is 13.4. The van der Waals surface area contributed by atoms with Crippen molar-refractivity contribution in [3.63, 3.8) is 0 Å². The molecule has 2 nitrogen and oxygen atoms in total.